The maximum atomic E-state index is 3.59. The largest absolute Gasteiger partial charge is 0.315 e. The molecule has 0 aromatic carbocycles. The first-order valence-electron chi connectivity index (χ1n) is 7.79. The molecule has 1 aliphatic carbocycles. The van der Waals surface area contributed by atoms with Crippen molar-refractivity contribution in [2.75, 3.05) is 26.2 Å². The van der Waals surface area contributed by atoms with E-state index in [0.717, 1.165) is 23.8 Å². The van der Waals surface area contributed by atoms with Crippen molar-refractivity contribution in [3.63, 3.8) is 0 Å². The second-order valence-electron chi connectivity index (χ2n) is 6.63. The van der Waals surface area contributed by atoms with Gasteiger partial charge in [0.1, 0.15) is 0 Å². The standard InChI is InChI=1S/C15H28N2/c1-12-6-8-16-10-15(12)17-9-7-13-4-2-3-5-14(13)11-17/h12-16H,2-11H2,1H3. The second kappa shape index (κ2) is 5.27. The minimum Gasteiger partial charge on any atom is -0.315 e. The zero-order valence-electron chi connectivity index (χ0n) is 11.3. The van der Waals surface area contributed by atoms with Crippen LogP contribution in [-0.4, -0.2) is 37.1 Å². The van der Waals surface area contributed by atoms with E-state index < -0.39 is 0 Å². The third-order valence-corrected chi connectivity index (χ3v) is 5.58. The summed E-state index contributed by atoms with van der Waals surface area (Å²) >= 11 is 0. The van der Waals surface area contributed by atoms with Gasteiger partial charge in [0.05, 0.1) is 0 Å². The van der Waals surface area contributed by atoms with Gasteiger partial charge in [-0.1, -0.05) is 26.2 Å². The zero-order valence-corrected chi connectivity index (χ0v) is 11.3. The van der Waals surface area contributed by atoms with E-state index in [2.05, 4.69) is 17.1 Å². The number of hydrogen-bond donors (Lipinski definition) is 1. The summed E-state index contributed by atoms with van der Waals surface area (Å²) in [5.74, 6) is 3.01. The molecule has 2 nitrogen and oxygen atoms in total. The molecule has 1 saturated carbocycles. The molecule has 2 saturated heterocycles. The van der Waals surface area contributed by atoms with Crippen molar-refractivity contribution < 1.29 is 0 Å². The van der Waals surface area contributed by atoms with Crippen molar-refractivity contribution in [2.45, 2.75) is 51.5 Å². The summed E-state index contributed by atoms with van der Waals surface area (Å²) in [6.45, 7) is 7.70. The number of nitrogens with zero attached hydrogens (tertiary/aromatic N) is 1. The fraction of sp³-hybridized carbons (Fsp3) is 1.00. The zero-order chi connectivity index (χ0) is 11.7. The molecule has 0 aromatic heterocycles. The molecule has 1 N–H and O–H groups in total. The quantitative estimate of drug-likeness (QED) is 0.752. The molecule has 3 aliphatic rings. The molecule has 3 fully saturated rings. The van der Waals surface area contributed by atoms with Crippen LogP contribution in [0.2, 0.25) is 0 Å². The number of piperidine rings is 2. The Labute approximate surface area is 106 Å². The fourth-order valence-corrected chi connectivity index (χ4v) is 4.39. The van der Waals surface area contributed by atoms with Crippen LogP contribution in [0.4, 0.5) is 0 Å². The van der Waals surface area contributed by atoms with Crippen LogP contribution >= 0.6 is 0 Å². The van der Waals surface area contributed by atoms with Crippen LogP contribution in [0.15, 0.2) is 0 Å². The maximum Gasteiger partial charge on any atom is 0.0246 e. The van der Waals surface area contributed by atoms with Gasteiger partial charge in [-0.05, 0) is 50.1 Å². The lowest BCUT2D eigenvalue weighted by atomic mass is 9.74. The molecule has 3 rings (SSSR count). The maximum absolute atomic E-state index is 3.59. The topological polar surface area (TPSA) is 15.3 Å². The monoisotopic (exact) mass is 236 g/mol. The number of rotatable bonds is 1. The predicted molar refractivity (Wildman–Crippen MR) is 72.1 cm³/mol. The van der Waals surface area contributed by atoms with Crippen molar-refractivity contribution in [3.05, 3.63) is 0 Å². The molecule has 17 heavy (non-hydrogen) atoms. The van der Waals surface area contributed by atoms with Gasteiger partial charge < -0.3 is 5.32 Å². The van der Waals surface area contributed by atoms with Crippen LogP contribution < -0.4 is 5.32 Å². The molecule has 0 radical (unpaired) electrons. The Balaban J connectivity index is 1.60. The Morgan fingerprint density at radius 1 is 1.00 bits per heavy atom. The molecule has 2 heterocycles. The van der Waals surface area contributed by atoms with Gasteiger partial charge in [-0.3, -0.25) is 4.90 Å². The third-order valence-electron chi connectivity index (χ3n) is 5.58. The van der Waals surface area contributed by atoms with E-state index in [1.165, 1.54) is 64.7 Å². The van der Waals surface area contributed by atoms with Gasteiger partial charge in [-0.25, -0.2) is 0 Å². The Morgan fingerprint density at radius 2 is 1.82 bits per heavy atom. The Morgan fingerprint density at radius 3 is 2.65 bits per heavy atom. The molecule has 98 valence electrons. The second-order valence-corrected chi connectivity index (χ2v) is 6.63. The van der Waals surface area contributed by atoms with E-state index in [0.29, 0.717) is 0 Å². The van der Waals surface area contributed by atoms with Crippen LogP contribution in [-0.2, 0) is 0 Å². The molecule has 0 bridgehead atoms. The van der Waals surface area contributed by atoms with Crippen molar-refractivity contribution in [2.24, 2.45) is 17.8 Å². The highest BCUT2D eigenvalue weighted by molar-refractivity contribution is 4.90. The van der Waals surface area contributed by atoms with Crippen molar-refractivity contribution >= 4 is 0 Å². The first-order chi connectivity index (χ1) is 8.34. The molecule has 2 aliphatic heterocycles. The Bertz CT molecular complexity index is 253. The molecule has 2 heteroatoms. The van der Waals surface area contributed by atoms with Gasteiger partial charge in [0, 0.05) is 19.1 Å². The first kappa shape index (κ1) is 12.0. The van der Waals surface area contributed by atoms with Crippen LogP contribution in [0.1, 0.15) is 45.4 Å². The summed E-state index contributed by atoms with van der Waals surface area (Å²) in [4.78, 5) is 2.82. The highest BCUT2D eigenvalue weighted by Gasteiger charge is 2.35. The number of likely N-dealkylation sites (tertiary alicyclic amines) is 1. The van der Waals surface area contributed by atoms with E-state index in [1.807, 2.05) is 0 Å². The first-order valence-corrected chi connectivity index (χ1v) is 7.79. The SMILES string of the molecule is CC1CCNCC1N1CCC2CCCCC2C1. The Kier molecular flexibility index (Phi) is 3.72. The average molecular weight is 236 g/mol. The van der Waals surface area contributed by atoms with Gasteiger partial charge >= 0.3 is 0 Å². The van der Waals surface area contributed by atoms with E-state index in [4.69, 9.17) is 0 Å². The normalized spacial score (nSPS) is 44.3. The number of hydrogen-bond acceptors (Lipinski definition) is 2. The lowest BCUT2D eigenvalue weighted by molar-refractivity contribution is 0.0304. The minimum atomic E-state index is 0.826. The summed E-state index contributed by atoms with van der Waals surface area (Å²) in [5, 5.41) is 3.59. The molecule has 0 aromatic rings. The van der Waals surface area contributed by atoms with Gasteiger partial charge in [0.2, 0.25) is 0 Å². The van der Waals surface area contributed by atoms with Gasteiger partial charge in [-0.2, -0.15) is 0 Å². The minimum absolute atomic E-state index is 0.826. The molecular weight excluding hydrogens is 208 g/mol. The van der Waals surface area contributed by atoms with E-state index >= 15 is 0 Å². The summed E-state index contributed by atoms with van der Waals surface area (Å²) < 4.78 is 0. The van der Waals surface area contributed by atoms with Gasteiger partial charge in [-0.15, -0.1) is 0 Å². The highest BCUT2D eigenvalue weighted by Crippen LogP contribution is 2.37. The van der Waals surface area contributed by atoms with Crippen LogP contribution in [0.25, 0.3) is 0 Å². The van der Waals surface area contributed by atoms with E-state index in [9.17, 15) is 0 Å². The van der Waals surface area contributed by atoms with Crippen molar-refractivity contribution in [3.8, 4) is 0 Å². The molecule has 0 amide bonds. The smallest absolute Gasteiger partial charge is 0.0246 e. The number of nitrogens with one attached hydrogen (secondary N) is 1. The molecular formula is C15H28N2. The van der Waals surface area contributed by atoms with Gasteiger partial charge in [0.15, 0.2) is 0 Å². The highest BCUT2D eigenvalue weighted by atomic mass is 15.2. The lowest BCUT2D eigenvalue weighted by Crippen LogP contribution is -2.55. The summed E-state index contributed by atoms with van der Waals surface area (Å²) in [7, 11) is 0. The van der Waals surface area contributed by atoms with Crippen LogP contribution in [0, 0.1) is 17.8 Å². The van der Waals surface area contributed by atoms with Crippen molar-refractivity contribution in [1.29, 1.82) is 0 Å². The average Bonchev–Trinajstić information content (AvgIpc) is 2.39. The van der Waals surface area contributed by atoms with Crippen molar-refractivity contribution in [1.82, 2.24) is 10.2 Å². The summed E-state index contributed by atoms with van der Waals surface area (Å²) in [6, 6.07) is 0.826. The summed E-state index contributed by atoms with van der Waals surface area (Å²) in [6.07, 6.45) is 8.88. The predicted octanol–water partition coefficient (Wildman–Crippen LogP) is 2.50. The van der Waals surface area contributed by atoms with Crippen LogP contribution in [0.3, 0.4) is 0 Å². The van der Waals surface area contributed by atoms with Crippen LogP contribution in [0.5, 0.6) is 0 Å². The molecule has 4 atom stereocenters. The Hall–Kier alpha value is -0.0800. The van der Waals surface area contributed by atoms with E-state index in [1.54, 1.807) is 0 Å². The third kappa shape index (κ3) is 2.53. The molecule has 0 spiro atoms. The number of fused-ring (bicyclic) bond motifs is 1. The van der Waals surface area contributed by atoms with Gasteiger partial charge in [0.25, 0.3) is 0 Å². The lowest BCUT2D eigenvalue weighted by Gasteiger charge is -2.47. The fourth-order valence-electron chi connectivity index (χ4n) is 4.39. The molecule has 4 unspecified atom stereocenters. The summed E-state index contributed by atoms with van der Waals surface area (Å²) in [5.41, 5.74) is 0. The van der Waals surface area contributed by atoms with E-state index in [-0.39, 0.29) is 0 Å².